The molecule has 0 aromatic carbocycles. The zero-order valence-corrected chi connectivity index (χ0v) is 12.5. The highest BCUT2D eigenvalue weighted by molar-refractivity contribution is 6.67. The first-order valence-electron chi connectivity index (χ1n) is 5.20. The molecule has 8 heteroatoms. The quantitative estimate of drug-likeness (QED) is 0.551. The van der Waals surface area contributed by atoms with Crippen LogP contribution in [0.2, 0.25) is 0 Å². The number of amides is 1. The van der Waals surface area contributed by atoms with Gasteiger partial charge in [-0.05, 0) is 0 Å². The second-order valence-corrected chi connectivity index (χ2v) is 7.52. The Bertz CT molecular complexity index is 348. The van der Waals surface area contributed by atoms with Gasteiger partial charge < -0.3 is 9.47 Å². The van der Waals surface area contributed by atoms with Crippen molar-refractivity contribution in [2.24, 2.45) is 5.41 Å². The van der Waals surface area contributed by atoms with E-state index >= 15 is 0 Å². The topological polar surface area (TPSA) is 55.8 Å². The zero-order chi connectivity index (χ0) is 14.1. The van der Waals surface area contributed by atoms with E-state index in [0.29, 0.717) is 0 Å². The third-order valence-electron chi connectivity index (χ3n) is 2.16. The Labute approximate surface area is 120 Å². The van der Waals surface area contributed by atoms with Gasteiger partial charge in [-0.25, -0.2) is 4.79 Å². The van der Waals surface area contributed by atoms with E-state index in [1.165, 1.54) is 4.90 Å². The van der Waals surface area contributed by atoms with Crippen LogP contribution in [0.25, 0.3) is 0 Å². The molecule has 0 aromatic rings. The van der Waals surface area contributed by atoms with E-state index in [9.17, 15) is 9.59 Å². The number of carbonyl (C=O) groups is 2. The van der Waals surface area contributed by atoms with Crippen molar-refractivity contribution in [1.29, 1.82) is 0 Å². The van der Waals surface area contributed by atoms with Crippen molar-refractivity contribution in [1.82, 2.24) is 4.90 Å². The lowest BCUT2D eigenvalue weighted by Gasteiger charge is -2.31. The van der Waals surface area contributed by atoms with Crippen molar-refractivity contribution in [2.45, 2.75) is 30.8 Å². The number of cyclic esters (lactones) is 1. The molecule has 1 rings (SSSR count). The maximum Gasteiger partial charge on any atom is 0.413 e. The van der Waals surface area contributed by atoms with Gasteiger partial charge in [0.1, 0.15) is 13.2 Å². The van der Waals surface area contributed by atoms with Crippen LogP contribution < -0.4 is 0 Å². The molecule has 1 aliphatic rings. The van der Waals surface area contributed by atoms with Crippen molar-refractivity contribution in [3.05, 3.63) is 0 Å². The number of esters is 1. The Morgan fingerprint density at radius 2 is 2.00 bits per heavy atom. The summed E-state index contributed by atoms with van der Waals surface area (Å²) in [5.74, 6) is -0.485. The average molecular weight is 319 g/mol. The Kier molecular flexibility index (Phi) is 4.62. The number of carbonyl (C=O) groups excluding carboxylic acids is 2. The molecule has 0 radical (unpaired) electrons. The number of nitrogens with zero attached hydrogens (tertiary/aromatic N) is 1. The normalized spacial score (nSPS) is 20.9. The summed E-state index contributed by atoms with van der Waals surface area (Å²) in [4.78, 5) is 24.2. The van der Waals surface area contributed by atoms with Gasteiger partial charge in [-0.15, -0.1) is 0 Å². The molecule has 18 heavy (non-hydrogen) atoms. The molecule has 1 atom stereocenters. The highest BCUT2D eigenvalue weighted by atomic mass is 35.6. The van der Waals surface area contributed by atoms with Gasteiger partial charge in [0, 0.05) is 5.41 Å². The van der Waals surface area contributed by atoms with Gasteiger partial charge in [0.25, 0.3) is 0 Å². The van der Waals surface area contributed by atoms with Gasteiger partial charge in [0.15, 0.2) is 6.23 Å². The maximum absolute atomic E-state index is 11.8. The summed E-state index contributed by atoms with van der Waals surface area (Å²) in [5, 5.41) is 0. The third-order valence-corrected chi connectivity index (χ3v) is 2.49. The lowest BCUT2D eigenvalue weighted by molar-refractivity contribution is -0.146. The number of alkyl halides is 3. The fourth-order valence-corrected chi connectivity index (χ4v) is 1.64. The first kappa shape index (κ1) is 15.7. The zero-order valence-electron chi connectivity index (χ0n) is 10.2. The van der Waals surface area contributed by atoms with Crippen LogP contribution in [0.5, 0.6) is 0 Å². The first-order chi connectivity index (χ1) is 8.00. The SMILES string of the molecule is CC(C)(C)[C@@H]1OC(=O)CN1C(=O)OCC(Cl)(Cl)Cl. The Morgan fingerprint density at radius 3 is 2.44 bits per heavy atom. The number of ether oxygens (including phenoxy) is 2. The molecule has 1 aliphatic heterocycles. The minimum atomic E-state index is -1.68. The van der Waals surface area contributed by atoms with E-state index in [4.69, 9.17) is 44.3 Å². The molecule has 0 spiro atoms. The molecule has 0 N–H and O–H groups in total. The number of rotatable bonds is 1. The summed E-state index contributed by atoms with van der Waals surface area (Å²) in [5.41, 5.74) is -0.425. The molecule has 1 heterocycles. The van der Waals surface area contributed by atoms with Crippen LogP contribution >= 0.6 is 34.8 Å². The monoisotopic (exact) mass is 317 g/mol. The van der Waals surface area contributed by atoms with Crippen molar-refractivity contribution < 1.29 is 19.1 Å². The van der Waals surface area contributed by atoms with Crippen molar-refractivity contribution in [3.63, 3.8) is 0 Å². The summed E-state index contributed by atoms with van der Waals surface area (Å²) in [6.07, 6.45) is -1.43. The summed E-state index contributed by atoms with van der Waals surface area (Å²) < 4.78 is 8.22. The Hall–Kier alpha value is -0.390. The van der Waals surface area contributed by atoms with E-state index in [0.717, 1.165) is 0 Å². The molecular weight excluding hydrogens is 304 g/mol. The highest BCUT2D eigenvalue weighted by Crippen LogP contribution is 2.31. The standard InChI is InChI=1S/C10H14Cl3NO4/c1-9(2,3)7-14(4-6(15)18-7)8(16)17-5-10(11,12)13/h7H,4-5H2,1-3H3/t7-/m0/s1. The Balaban J connectivity index is 2.69. The molecule has 0 saturated carbocycles. The summed E-state index contributed by atoms with van der Waals surface area (Å²) in [7, 11) is 0. The first-order valence-corrected chi connectivity index (χ1v) is 6.34. The van der Waals surface area contributed by atoms with E-state index in [1.54, 1.807) is 0 Å². The number of halogens is 3. The van der Waals surface area contributed by atoms with E-state index in [-0.39, 0.29) is 6.54 Å². The predicted octanol–water partition coefficient (Wildman–Crippen LogP) is 2.72. The summed E-state index contributed by atoms with van der Waals surface area (Å²) in [6, 6.07) is 0. The van der Waals surface area contributed by atoms with Gasteiger partial charge in [0.2, 0.25) is 3.79 Å². The predicted molar refractivity (Wildman–Crippen MR) is 67.7 cm³/mol. The van der Waals surface area contributed by atoms with Gasteiger partial charge in [0.05, 0.1) is 0 Å². The molecule has 0 aliphatic carbocycles. The number of hydrogen-bond acceptors (Lipinski definition) is 4. The molecule has 104 valence electrons. The molecular formula is C10H14Cl3NO4. The van der Waals surface area contributed by atoms with E-state index in [1.807, 2.05) is 20.8 Å². The van der Waals surface area contributed by atoms with Gasteiger partial charge in [-0.3, -0.25) is 9.69 Å². The maximum atomic E-state index is 11.8. The van der Waals surface area contributed by atoms with Crippen molar-refractivity contribution in [2.75, 3.05) is 13.2 Å². The third kappa shape index (κ3) is 4.37. The van der Waals surface area contributed by atoms with E-state index < -0.39 is 34.1 Å². The van der Waals surface area contributed by atoms with Crippen LogP contribution in [-0.2, 0) is 14.3 Å². The summed E-state index contributed by atoms with van der Waals surface area (Å²) >= 11 is 16.4. The van der Waals surface area contributed by atoms with Crippen molar-refractivity contribution >= 4 is 46.9 Å². The van der Waals surface area contributed by atoms with Gasteiger partial charge >= 0.3 is 12.1 Å². The second kappa shape index (κ2) is 5.31. The minimum Gasteiger partial charge on any atom is -0.445 e. The molecule has 0 bridgehead atoms. The molecule has 5 nitrogen and oxygen atoms in total. The highest BCUT2D eigenvalue weighted by Gasteiger charge is 2.44. The molecule has 0 unspecified atom stereocenters. The lowest BCUT2D eigenvalue weighted by Crippen LogP contribution is -2.44. The minimum absolute atomic E-state index is 0.166. The van der Waals surface area contributed by atoms with Crippen LogP contribution in [0.3, 0.4) is 0 Å². The van der Waals surface area contributed by atoms with Crippen LogP contribution in [0.15, 0.2) is 0 Å². The van der Waals surface area contributed by atoms with Crippen LogP contribution in [0.4, 0.5) is 4.79 Å². The molecule has 1 saturated heterocycles. The van der Waals surface area contributed by atoms with E-state index in [2.05, 4.69) is 0 Å². The fraction of sp³-hybridized carbons (Fsp3) is 0.800. The van der Waals surface area contributed by atoms with Crippen molar-refractivity contribution in [3.8, 4) is 0 Å². The van der Waals surface area contributed by atoms with Crippen LogP contribution in [0, 0.1) is 5.41 Å². The smallest absolute Gasteiger partial charge is 0.413 e. The van der Waals surface area contributed by atoms with Gasteiger partial charge in [-0.1, -0.05) is 55.6 Å². The fourth-order valence-electron chi connectivity index (χ4n) is 1.48. The molecule has 1 fully saturated rings. The lowest BCUT2D eigenvalue weighted by atomic mass is 9.94. The number of hydrogen-bond donors (Lipinski definition) is 0. The second-order valence-electron chi connectivity index (χ2n) is 5.01. The van der Waals surface area contributed by atoms with Gasteiger partial charge in [-0.2, -0.15) is 0 Å². The largest absolute Gasteiger partial charge is 0.445 e. The average Bonchev–Trinajstić information content (AvgIpc) is 2.55. The van der Waals surface area contributed by atoms with Crippen LogP contribution in [-0.4, -0.2) is 40.1 Å². The Morgan fingerprint density at radius 1 is 1.44 bits per heavy atom. The molecule has 1 amide bonds. The summed E-state index contributed by atoms with van der Waals surface area (Å²) in [6.45, 7) is 4.96. The van der Waals surface area contributed by atoms with Crippen LogP contribution in [0.1, 0.15) is 20.8 Å². The molecule has 0 aromatic heterocycles.